The van der Waals surface area contributed by atoms with Crippen molar-refractivity contribution in [3.8, 4) is 0 Å². The smallest absolute Gasteiger partial charge is 0.234 e. The maximum atomic E-state index is 11.8. The van der Waals surface area contributed by atoms with Crippen molar-refractivity contribution >= 4 is 28.3 Å². The third kappa shape index (κ3) is 1.86. The van der Waals surface area contributed by atoms with E-state index in [0.717, 1.165) is 16.6 Å². The molecule has 1 fully saturated rings. The molecule has 1 aromatic carbocycles. The summed E-state index contributed by atoms with van der Waals surface area (Å²) < 4.78 is 0. The lowest BCUT2D eigenvalue weighted by Gasteiger charge is -2.26. The molecule has 3 rings (SSSR count). The van der Waals surface area contributed by atoms with Crippen LogP contribution in [0, 0.1) is 0 Å². The van der Waals surface area contributed by atoms with Crippen LogP contribution >= 0.6 is 0 Å². The highest BCUT2D eigenvalue weighted by atomic mass is 16.2. The minimum Gasteiger partial charge on any atom is -0.312 e. The summed E-state index contributed by atoms with van der Waals surface area (Å²) in [5.74, 6) is -0.0896. The lowest BCUT2D eigenvalue weighted by molar-refractivity contribution is -0.128. The molecular formula is C14H12N2O2. The van der Waals surface area contributed by atoms with E-state index in [-0.39, 0.29) is 18.1 Å². The molecule has 0 aliphatic carbocycles. The van der Waals surface area contributed by atoms with E-state index in [1.165, 1.54) is 0 Å². The van der Waals surface area contributed by atoms with Crippen LogP contribution in [-0.2, 0) is 9.59 Å². The molecule has 0 radical (unpaired) electrons. The largest absolute Gasteiger partial charge is 0.312 e. The molecule has 1 aliphatic heterocycles. The van der Waals surface area contributed by atoms with Gasteiger partial charge in [-0.15, -0.1) is 0 Å². The topological polar surface area (TPSA) is 50.3 Å². The van der Waals surface area contributed by atoms with Gasteiger partial charge in [-0.05, 0) is 24.3 Å². The second-order valence-corrected chi connectivity index (χ2v) is 4.39. The Labute approximate surface area is 104 Å². The summed E-state index contributed by atoms with van der Waals surface area (Å²) in [5, 5.41) is 1.000. The summed E-state index contributed by atoms with van der Waals surface area (Å²) in [7, 11) is 0. The average Bonchev–Trinajstić information content (AvgIpc) is 2.38. The van der Waals surface area contributed by atoms with Crippen molar-refractivity contribution < 1.29 is 9.59 Å². The van der Waals surface area contributed by atoms with E-state index in [0.29, 0.717) is 13.0 Å². The Morgan fingerprint density at radius 3 is 2.89 bits per heavy atom. The van der Waals surface area contributed by atoms with Crippen LogP contribution in [-0.4, -0.2) is 23.2 Å². The number of anilines is 1. The molecule has 0 atom stereocenters. The minimum absolute atomic E-state index is 0.0189. The number of carbonyl (C=O) groups excluding carboxylic acids is 2. The van der Waals surface area contributed by atoms with Gasteiger partial charge in [0.15, 0.2) is 0 Å². The number of hydrogen-bond donors (Lipinski definition) is 0. The van der Waals surface area contributed by atoms with Crippen LogP contribution in [0.25, 0.3) is 10.9 Å². The fraction of sp³-hybridized carbons (Fsp3) is 0.214. The predicted molar refractivity (Wildman–Crippen MR) is 68.3 cm³/mol. The summed E-state index contributed by atoms with van der Waals surface area (Å²) in [6.45, 7) is 0.476. The quantitative estimate of drug-likeness (QED) is 0.716. The van der Waals surface area contributed by atoms with Crippen LogP contribution in [0.1, 0.15) is 12.8 Å². The van der Waals surface area contributed by atoms with Gasteiger partial charge in [0.1, 0.15) is 5.78 Å². The molecule has 4 nitrogen and oxygen atoms in total. The van der Waals surface area contributed by atoms with Crippen LogP contribution in [0.4, 0.5) is 5.69 Å². The molecule has 2 heterocycles. The molecule has 1 saturated heterocycles. The SMILES string of the molecule is O=C1CCN(c2ccc3ncccc3c2)C(=O)C1. The van der Waals surface area contributed by atoms with Gasteiger partial charge in [-0.3, -0.25) is 14.6 Å². The zero-order valence-corrected chi connectivity index (χ0v) is 9.80. The molecule has 0 saturated carbocycles. The van der Waals surface area contributed by atoms with Crippen molar-refractivity contribution in [2.24, 2.45) is 0 Å². The number of amides is 1. The third-order valence-corrected chi connectivity index (χ3v) is 3.16. The van der Waals surface area contributed by atoms with E-state index in [2.05, 4.69) is 4.98 Å². The molecule has 0 spiro atoms. The van der Waals surface area contributed by atoms with Crippen LogP contribution in [0.2, 0.25) is 0 Å². The van der Waals surface area contributed by atoms with Crippen molar-refractivity contribution in [3.05, 3.63) is 36.5 Å². The molecular weight excluding hydrogens is 228 g/mol. The van der Waals surface area contributed by atoms with Crippen molar-refractivity contribution in [2.75, 3.05) is 11.4 Å². The molecule has 2 aromatic rings. The number of fused-ring (bicyclic) bond motifs is 1. The number of nitrogens with zero attached hydrogens (tertiary/aromatic N) is 2. The highest BCUT2D eigenvalue weighted by molar-refractivity contribution is 6.09. The maximum absolute atomic E-state index is 11.8. The summed E-state index contributed by atoms with van der Waals surface area (Å²) in [6, 6.07) is 9.55. The number of ketones is 1. The Hall–Kier alpha value is -2.23. The Bertz CT molecular complexity index is 636. The first-order chi connectivity index (χ1) is 8.74. The molecule has 4 heteroatoms. The number of rotatable bonds is 1. The lowest BCUT2D eigenvalue weighted by Crippen LogP contribution is -2.38. The summed E-state index contributed by atoms with van der Waals surface area (Å²) in [6.07, 6.45) is 2.20. The summed E-state index contributed by atoms with van der Waals surface area (Å²) in [5.41, 5.74) is 1.75. The minimum atomic E-state index is -0.116. The van der Waals surface area contributed by atoms with Crippen molar-refractivity contribution in [3.63, 3.8) is 0 Å². The Morgan fingerprint density at radius 2 is 2.06 bits per heavy atom. The van der Waals surface area contributed by atoms with Crippen LogP contribution in [0.15, 0.2) is 36.5 Å². The van der Waals surface area contributed by atoms with Crippen molar-refractivity contribution in [1.82, 2.24) is 4.98 Å². The molecule has 0 bridgehead atoms. The molecule has 1 aromatic heterocycles. The van der Waals surface area contributed by atoms with Gasteiger partial charge in [-0.2, -0.15) is 0 Å². The van der Waals surface area contributed by atoms with Gasteiger partial charge in [0.05, 0.1) is 11.9 Å². The first-order valence-corrected chi connectivity index (χ1v) is 5.91. The van der Waals surface area contributed by atoms with Gasteiger partial charge < -0.3 is 4.90 Å². The van der Waals surface area contributed by atoms with Gasteiger partial charge in [-0.25, -0.2) is 0 Å². The van der Waals surface area contributed by atoms with Crippen molar-refractivity contribution in [1.29, 1.82) is 0 Å². The van der Waals surface area contributed by atoms with E-state index in [9.17, 15) is 9.59 Å². The van der Waals surface area contributed by atoms with Crippen LogP contribution in [0.3, 0.4) is 0 Å². The molecule has 90 valence electrons. The number of hydrogen-bond acceptors (Lipinski definition) is 3. The van der Waals surface area contributed by atoms with E-state index in [4.69, 9.17) is 0 Å². The number of Topliss-reactive ketones (excluding diaryl/α,β-unsaturated/α-hetero) is 1. The number of carbonyl (C=O) groups is 2. The van der Waals surface area contributed by atoms with E-state index < -0.39 is 0 Å². The fourth-order valence-electron chi connectivity index (χ4n) is 2.22. The predicted octanol–water partition coefficient (Wildman–Crippen LogP) is 1.93. The van der Waals surface area contributed by atoms with E-state index in [1.807, 2.05) is 30.3 Å². The Morgan fingerprint density at radius 1 is 1.17 bits per heavy atom. The molecule has 0 unspecified atom stereocenters. The van der Waals surface area contributed by atoms with Crippen LogP contribution in [0.5, 0.6) is 0 Å². The van der Waals surface area contributed by atoms with Crippen molar-refractivity contribution in [2.45, 2.75) is 12.8 Å². The molecule has 18 heavy (non-hydrogen) atoms. The highest BCUT2D eigenvalue weighted by Gasteiger charge is 2.24. The van der Waals surface area contributed by atoms with Gasteiger partial charge >= 0.3 is 0 Å². The number of aromatic nitrogens is 1. The molecule has 1 aliphatic rings. The number of pyridine rings is 1. The number of benzene rings is 1. The standard InChI is InChI=1S/C14H12N2O2/c17-12-5-7-16(14(18)9-12)11-3-4-13-10(8-11)2-1-6-15-13/h1-4,6,8H,5,7,9H2. The molecule has 0 N–H and O–H groups in total. The van der Waals surface area contributed by atoms with Gasteiger partial charge in [0.2, 0.25) is 5.91 Å². The van der Waals surface area contributed by atoms with Crippen LogP contribution < -0.4 is 4.90 Å². The lowest BCUT2D eigenvalue weighted by atomic mass is 10.1. The Kier molecular flexibility index (Phi) is 2.55. The second-order valence-electron chi connectivity index (χ2n) is 4.39. The van der Waals surface area contributed by atoms with Gasteiger partial charge in [-0.1, -0.05) is 6.07 Å². The fourth-order valence-corrected chi connectivity index (χ4v) is 2.22. The normalized spacial score (nSPS) is 16.3. The second kappa shape index (κ2) is 4.22. The highest BCUT2D eigenvalue weighted by Crippen LogP contribution is 2.23. The summed E-state index contributed by atoms with van der Waals surface area (Å²) >= 11 is 0. The summed E-state index contributed by atoms with van der Waals surface area (Å²) in [4.78, 5) is 29.0. The third-order valence-electron chi connectivity index (χ3n) is 3.16. The van der Waals surface area contributed by atoms with Gasteiger partial charge in [0.25, 0.3) is 0 Å². The first kappa shape index (κ1) is 10.9. The zero-order valence-electron chi connectivity index (χ0n) is 9.80. The van der Waals surface area contributed by atoms with E-state index in [1.54, 1.807) is 11.1 Å². The van der Waals surface area contributed by atoms with Gasteiger partial charge in [0, 0.05) is 30.2 Å². The maximum Gasteiger partial charge on any atom is 0.234 e. The zero-order chi connectivity index (χ0) is 12.5. The Balaban J connectivity index is 1.99. The number of piperidine rings is 1. The average molecular weight is 240 g/mol. The van der Waals surface area contributed by atoms with E-state index >= 15 is 0 Å². The monoisotopic (exact) mass is 240 g/mol. The first-order valence-electron chi connectivity index (χ1n) is 5.91. The molecule has 1 amide bonds.